The molecule has 2 nitrogen and oxygen atoms in total. The first-order chi connectivity index (χ1) is 5.06. The van der Waals surface area contributed by atoms with Crippen molar-refractivity contribution < 1.29 is 5.11 Å². The number of hydrogen-bond acceptors (Lipinski definition) is 2. The SMILES string of the molecule is CC(CCO)NC1CC1(C)C. The molecule has 1 aliphatic rings. The summed E-state index contributed by atoms with van der Waals surface area (Å²) in [6, 6.07) is 1.15. The first-order valence-electron chi connectivity index (χ1n) is 4.43. The molecule has 0 spiro atoms. The summed E-state index contributed by atoms with van der Waals surface area (Å²) in [5.41, 5.74) is 0.504. The molecule has 0 aromatic heterocycles. The van der Waals surface area contributed by atoms with Crippen molar-refractivity contribution in [3.63, 3.8) is 0 Å². The van der Waals surface area contributed by atoms with Crippen LogP contribution in [0.25, 0.3) is 0 Å². The van der Waals surface area contributed by atoms with Gasteiger partial charge in [0.1, 0.15) is 0 Å². The smallest absolute Gasteiger partial charge is 0.0445 e. The third-order valence-corrected chi connectivity index (χ3v) is 2.56. The minimum absolute atomic E-state index is 0.293. The molecule has 11 heavy (non-hydrogen) atoms. The monoisotopic (exact) mass is 157 g/mol. The van der Waals surface area contributed by atoms with Gasteiger partial charge in [-0.3, -0.25) is 0 Å². The van der Waals surface area contributed by atoms with Crippen molar-refractivity contribution in [2.24, 2.45) is 5.41 Å². The molecule has 2 atom stereocenters. The summed E-state index contributed by atoms with van der Waals surface area (Å²) >= 11 is 0. The summed E-state index contributed by atoms with van der Waals surface area (Å²) in [5, 5.41) is 12.1. The molecule has 1 saturated carbocycles. The van der Waals surface area contributed by atoms with Gasteiger partial charge in [-0.25, -0.2) is 0 Å². The molecule has 2 unspecified atom stereocenters. The van der Waals surface area contributed by atoms with Crippen molar-refractivity contribution >= 4 is 0 Å². The normalized spacial score (nSPS) is 30.0. The van der Waals surface area contributed by atoms with Crippen LogP contribution >= 0.6 is 0 Å². The number of hydrogen-bond donors (Lipinski definition) is 2. The second-order valence-corrected chi connectivity index (χ2v) is 4.33. The summed E-state index contributed by atoms with van der Waals surface area (Å²) in [6.45, 7) is 6.97. The first kappa shape index (κ1) is 9.01. The van der Waals surface area contributed by atoms with Crippen molar-refractivity contribution in [1.82, 2.24) is 5.32 Å². The van der Waals surface area contributed by atoms with Crippen LogP contribution in [0, 0.1) is 5.41 Å². The lowest BCUT2D eigenvalue weighted by atomic mass is 10.1. The minimum Gasteiger partial charge on any atom is -0.396 e. The van der Waals surface area contributed by atoms with Crippen LogP contribution in [0.5, 0.6) is 0 Å². The molecule has 1 rings (SSSR count). The zero-order valence-corrected chi connectivity index (χ0v) is 7.72. The zero-order chi connectivity index (χ0) is 8.48. The van der Waals surface area contributed by atoms with E-state index in [2.05, 4.69) is 26.1 Å². The van der Waals surface area contributed by atoms with E-state index in [1.165, 1.54) is 6.42 Å². The standard InChI is InChI=1S/C9H19NO/c1-7(4-5-11)10-8-6-9(8,2)3/h7-8,10-11H,4-6H2,1-3H3. The quantitative estimate of drug-likeness (QED) is 0.641. The number of nitrogens with one attached hydrogen (secondary N) is 1. The van der Waals surface area contributed by atoms with E-state index in [9.17, 15) is 0 Å². The van der Waals surface area contributed by atoms with Crippen LogP contribution in [0.1, 0.15) is 33.6 Å². The van der Waals surface area contributed by atoms with Crippen LogP contribution in [0.3, 0.4) is 0 Å². The summed E-state index contributed by atoms with van der Waals surface area (Å²) in [6.07, 6.45) is 2.15. The Bertz CT molecular complexity index is 134. The third-order valence-electron chi connectivity index (χ3n) is 2.56. The molecule has 66 valence electrons. The average molecular weight is 157 g/mol. The second-order valence-electron chi connectivity index (χ2n) is 4.33. The van der Waals surface area contributed by atoms with E-state index in [1.807, 2.05) is 0 Å². The van der Waals surface area contributed by atoms with E-state index in [0.717, 1.165) is 6.42 Å². The lowest BCUT2D eigenvalue weighted by Gasteiger charge is -2.13. The maximum atomic E-state index is 8.66. The molecule has 0 saturated heterocycles. The summed E-state index contributed by atoms with van der Waals surface area (Å²) in [7, 11) is 0. The molecule has 0 aromatic rings. The number of rotatable bonds is 4. The van der Waals surface area contributed by atoms with Gasteiger partial charge in [0.05, 0.1) is 0 Å². The van der Waals surface area contributed by atoms with Gasteiger partial charge in [0.25, 0.3) is 0 Å². The fourth-order valence-corrected chi connectivity index (χ4v) is 1.37. The van der Waals surface area contributed by atoms with Crippen LogP contribution in [0.15, 0.2) is 0 Å². The molecule has 2 heteroatoms. The average Bonchev–Trinajstić information content (AvgIpc) is 2.39. The molecular formula is C9H19NO. The number of aliphatic hydroxyl groups is 1. The predicted molar refractivity (Wildman–Crippen MR) is 46.5 cm³/mol. The Balaban J connectivity index is 2.13. The van der Waals surface area contributed by atoms with Gasteiger partial charge in [0.2, 0.25) is 0 Å². The topological polar surface area (TPSA) is 32.3 Å². The van der Waals surface area contributed by atoms with Gasteiger partial charge < -0.3 is 10.4 Å². The van der Waals surface area contributed by atoms with Gasteiger partial charge in [0, 0.05) is 18.7 Å². The number of aliphatic hydroxyl groups excluding tert-OH is 1. The Hall–Kier alpha value is -0.0800. The maximum absolute atomic E-state index is 8.66. The van der Waals surface area contributed by atoms with Gasteiger partial charge in [-0.1, -0.05) is 13.8 Å². The minimum atomic E-state index is 0.293. The van der Waals surface area contributed by atoms with Gasteiger partial charge in [-0.05, 0) is 25.2 Å². The predicted octanol–water partition coefficient (Wildman–Crippen LogP) is 1.15. The van der Waals surface area contributed by atoms with Crippen LogP contribution in [-0.4, -0.2) is 23.8 Å². The Morgan fingerprint density at radius 3 is 2.55 bits per heavy atom. The Labute approximate surface area is 69.0 Å². The molecule has 0 bridgehead atoms. The highest BCUT2D eigenvalue weighted by atomic mass is 16.3. The van der Waals surface area contributed by atoms with Gasteiger partial charge in [-0.2, -0.15) is 0 Å². The van der Waals surface area contributed by atoms with E-state index in [1.54, 1.807) is 0 Å². The first-order valence-corrected chi connectivity index (χ1v) is 4.43. The van der Waals surface area contributed by atoms with E-state index in [0.29, 0.717) is 24.1 Å². The summed E-state index contributed by atoms with van der Waals surface area (Å²) in [5.74, 6) is 0. The van der Waals surface area contributed by atoms with Crippen LogP contribution in [-0.2, 0) is 0 Å². The van der Waals surface area contributed by atoms with E-state index in [-0.39, 0.29) is 0 Å². The van der Waals surface area contributed by atoms with E-state index < -0.39 is 0 Å². The van der Waals surface area contributed by atoms with Crippen LogP contribution in [0.4, 0.5) is 0 Å². The highest BCUT2D eigenvalue weighted by molar-refractivity contribution is 5.02. The molecule has 0 amide bonds. The van der Waals surface area contributed by atoms with Gasteiger partial charge >= 0.3 is 0 Å². The fourth-order valence-electron chi connectivity index (χ4n) is 1.37. The van der Waals surface area contributed by atoms with E-state index in [4.69, 9.17) is 5.11 Å². The molecule has 1 aliphatic carbocycles. The van der Waals surface area contributed by atoms with Crippen molar-refractivity contribution in [1.29, 1.82) is 0 Å². The van der Waals surface area contributed by atoms with Crippen molar-refractivity contribution in [3.05, 3.63) is 0 Å². The van der Waals surface area contributed by atoms with Gasteiger partial charge in [0.15, 0.2) is 0 Å². The lowest BCUT2D eigenvalue weighted by Crippen LogP contribution is -2.31. The molecule has 2 N–H and O–H groups in total. The second kappa shape index (κ2) is 3.11. The fraction of sp³-hybridized carbons (Fsp3) is 1.00. The van der Waals surface area contributed by atoms with E-state index >= 15 is 0 Å². The molecular weight excluding hydrogens is 138 g/mol. The van der Waals surface area contributed by atoms with Crippen LogP contribution in [0.2, 0.25) is 0 Å². The van der Waals surface area contributed by atoms with Crippen molar-refractivity contribution in [3.8, 4) is 0 Å². The largest absolute Gasteiger partial charge is 0.396 e. The highest BCUT2D eigenvalue weighted by Gasteiger charge is 2.45. The molecule has 0 radical (unpaired) electrons. The molecule has 0 heterocycles. The Kier molecular flexibility index (Phi) is 2.55. The summed E-state index contributed by atoms with van der Waals surface area (Å²) in [4.78, 5) is 0. The van der Waals surface area contributed by atoms with Crippen molar-refractivity contribution in [2.45, 2.75) is 45.7 Å². The lowest BCUT2D eigenvalue weighted by molar-refractivity contribution is 0.266. The zero-order valence-electron chi connectivity index (χ0n) is 7.72. The Morgan fingerprint density at radius 2 is 2.18 bits per heavy atom. The van der Waals surface area contributed by atoms with Crippen LogP contribution < -0.4 is 5.32 Å². The highest BCUT2D eigenvalue weighted by Crippen LogP contribution is 2.44. The third kappa shape index (κ3) is 2.46. The molecule has 1 fully saturated rings. The van der Waals surface area contributed by atoms with Gasteiger partial charge in [-0.15, -0.1) is 0 Å². The molecule has 0 aromatic carbocycles. The Morgan fingerprint density at radius 1 is 1.64 bits per heavy atom. The molecule has 0 aliphatic heterocycles. The maximum Gasteiger partial charge on any atom is 0.0445 e. The summed E-state index contributed by atoms with van der Waals surface area (Å²) < 4.78 is 0. The van der Waals surface area contributed by atoms with Crippen molar-refractivity contribution in [2.75, 3.05) is 6.61 Å².